The van der Waals surface area contributed by atoms with E-state index in [1.165, 1.54) is 16.0 Å². The first-order valence-electron chi connectivity index (χ1n) is 12.0. The Morgan fingerprint density at radius 2 is 2.09 bits per heavy atom. The highest BCUT2D eigenvalue weighted by atomic mass is 32.1. The van der Waals surface area contributed by atoms with Gasteiger partial charge in [0.2, 0.25) is 5.91 Å². The van der Waals surface area contributed by atoms with Gasteiger partial charge >= 0.3 is 0 Å². The van der Waals surface area contributed by atoms with E-state index in [0.717, 1.165) is 38.0 Å². The highest BCUT2D eigenvalue weighted by Gasteiger charge is 2.33. The maximum atomic E-state index is 13.5. The van der Waals surface area contributed by atoms with Crippen molar-refractivity contribution >= 4 is 17.2 Å². The summed E-state index contributed by atoms with van der Waals surface area (Å²) in [7, 11) is 1.69. The Bertz CT molecular complexity index is 854. The number of hydrogen-bond donors (Lipinski definition) is 1. The zero-order chi connectivity index (χ0) is 23.6. The zero-order valence-electron chi connectivity index (χ0n) is 20.2. The fraction of sp³-hybridized carbons (Fsp3) is 0.577. The maximum Gasteiger partial charge on any atom is 0.237 e. The lowest BCUT2D eigenvalue weighted by Crippen LogP contribution is -2.48. The van der Waals surface area contributed by atoms with Crippen LogP contribution in [0.25, 0.3) is 0 Å². The first-order chi connectivity index (χ1) is 16.0. The number of thiophene rings is 1. The van der Waals surface area contributed by atoms with E-state index >= 15 is 0 Å². The Balaban J connectivity index is 1.69. The zero-order valence-corrected chi connectivity index (χ0v) is 21.0. The van der Waals surface area contributed by atoms with Gasteiger partial charge in [-0.05, 0) is 55.3 Å². The predicted octanol–water partition coefficient (Wildman–Crippen LogP) is 4.06. The molecule has 0 saturated heterocycles. The van der Waals surface area contributed by atoms with Crippen LogP contribution in [0.3, 0.4) is 0 Å². The number of fused-ring (bicyclic) bond motifs is 1. The van der Waals surface area contributed by atoms with Gasteiger partial charge in [-0.2, -0.15) is 0 Å². The van der Waals surface area contributed by atoms with Gasteiger partial charge in [0.15, 0.2) is 0 Å². The number of aryl methyl sites for hydroxylation is 1. The molecule has 2 aromatic rings. The molecule has 1 aliphatic rings. The monoisotopic (exact) mass is 474 g/mol. The van der Waals surface area contributed by atoms with E-state index in [1.807, 2.05) is 29.2 Å². The third kappa shape index (κ3) is 7.54. The summed E-state index contributed by atoms with van der Waals surface area (Å²) in [6.07, 6.45) is 2.95. The number of carbonyl (C=O) groups is 1. The second-order valence-electron chi connectivity index (χ2n) is 8.80. The number of aliphatic hydroxyl groups excluding tert-OH is 1. The van der Waals surface area contributed by atoms with Crippen molar-refractivity contribution in [1.82, 2.24) is 9.80 Å². The van der Waals surface area contributed by atoms with Crippen LogP contribution in [0, 0.1) is 6.92 Å². The Hall–Kier alpha value is -1.93. The molecule has 1 N–H and O–H groups in total. The van der Waals surface area contributed by atoms with Gasteiger partial charge in [-0.25, -0.2) is 0 Å². The number of amides is 1. The molecular weight excluding hydrogens is 436 g/mol. The number of ether oxygens (including phenoxy) is 2. The highest BCUT2D eigenvalue weighted by Crippen LogP contribution is 2.34. The van der Waals surface area contributed by atoms with Crippen LogP contribution >= 0.6 is 11.3 Å². The molecule has 0 aliphatic carbocycles. The van der Waals surface area contributed by atoms with Gasteiger partial charge < -0.3 is 19.5 Å². The van der Waals surface area contributed by atoms with Crippen LogP contribution < -0.4 is 4.74 Å². The largest absolute Gasteiger partial charge is 0.491 e. The van der Waals surface area contributed by atoms with E-state index in [4.69, 9.17) is 9.47 Å². The molecule has 1 amide bonds. The average molecular weight is 475 g/mol. The maximum absolute atomic E-state index is 13.5. The lowest BCUT2D eigenvalue weighted by molar-refractivity contribution is -0.136. The Kier molecular flexibility index (Phi) is 10.2. The van der Waals surface area contributed by atoms with Gasteiger partial charge in [-0.15, -0.1) is 11.3 Å². The quantitative estimate of drug-likeness (QED) is 0.444. The third-order valence-electron chi connectivity index (χ3n) is 6.12. The van der Waals surface area contributed by atoms with E-state index in [9.17, 15) is 9.90 Å². The van der Waals surface area contributed by atoms with Crippen molar-refractivity contribution in [1.29, 1.82) is 0 Å². The van der Waals surface area contributed by atoms with Crippen molar-refractivity contribution in [3.63, 3.8) is 0 Å². The minimum Gasteiger partial charge on any atom is -0.491 e. The molecule has 0 fully saturated rings. The lowest BCUT2D eigenvalue weighted by Gasteiger charge is -2.37. The van der Waals surface area contributed by atoms with Crippen molar-refractivity contribution < 1.29 is 19.4 Å². The number of nitrogens with zero attached hydrogens (tertiary/aromatic N) is 2. The molecule has 182 valence electrons. The minimum atomic E-state index is -0.421. The molecule has 2 unspecified atom stereocenters. The molecule has 0 bridgehead atoms. The minimum absolute atomic E-state index is 0.0884. The summed E-state index contributed by atoms with van der Waals surface area (Å²) in [5.41, 5.74) is 2.39. The van der Waals surface area contributed by atoms with Crippen LogP contribution in [-0.2, 0) is 16.0 Å². The normalized spacial score (nSPS) is 16.6. The van der Waals surface area contributed by atoms with Crippen LogP contribution in [0.5, 0.6) is 5.75 Å². The number of aliphatic hydroxyl groups is 1. The molecular formula is C26H38N2O4S. The molecule has 2 heterocycles. The molecule has 33 heavy (non-hydrogen) atoms. The molecule has 3 rings (SSSR count). The van der Waals surface area contributed by atoms with Crippen molar-refractivity contribution in [2.24, 2.45) is 0 Å². The molecule has 1 aliphatic heterocycles. The van der Waals surface area contributed by atoms with Crippen LogP contribution in [0.4, 0.5) is 0 Å². The summed E-state index contributed by atoms with van der Waals surface area (Å²) in [6.45, 7) is 7.41. The molecule has 7 heteroatoms. The Morgan fingerprint density at radius 1 is 1.30 bits per heavy atom. The lowest BCUT2D eigenvalue weighted by atomic mass is 10.0. The number of carbonyl (C=O) groups excluding carboxylic acids is 1. The van der Waals surface area contributed by atoms with Crippen LogP contribution in [0.15, 0.2) is 35.7 Å². The average Bonchev–Trinajstić information content (AvgIpc) is 3.28. The first kappa shape index (κ1) is 25.7. The Morgan fingerprint density at radius 3 is 2.82 bits per heavy atom. The standard InChI is InChI=1S/C26H38N2O4S/c1-4-6-21(29)17-27(13-5-15-31-3)18-26(30)28-14-11-25-23(12-16-33-25)24(28)19-32-22-9-7-20(2)8-10-22/h7-10,12,16,21,24,29H,4-6,11,13-15,17-19H2,1-3H3. The fourth-order valence-electron chi connectivity index (χ4n) is 4.36. The Labute approximate surface area is 202 Å². The number of rotatable bonds is 13. The summed E-state index contributed by atoms with van der Waals surface area (Å²) in [4.78, 5) is 18.9. The number of methoxy groups -OCH3 is 1. The van der Waals surface area contributed by atoms with Gasteiger partial charge in [-0.1, -0.05) is 31.0 Å². The topological polar surface area (TPSA) is 62.2 Å². The van der Waals surface area contributed by atoms with Gasteiger partial charge in [0.05, 0.1) is 18.7 Å². The fourth-order valence-corrected chi connectivity index (χ4v) is 5.28. The van der Waals surface area contributed by atoms with Crippen molar-refractivity contribution in [3.05, 3.63) is 51.7 Å². The van der Waals surface area contributed by atoms with E-state index in [-0.39, 0.29) is 11.9 Å². The van der Waals surface area contributed by atoms with E-state index < -0.39 is 6.10 Å². The SMILES string of the molecule is CCCC(O)CN(CCCOC)CC(=O)N1CCc2sccc2C1COc1ccc(C)cc1. The third-order valence-corrected chi connectivity index (χ3v) is 7.11. The first-order valence-corrected chi connectivity index (χ1v) is 12.8. The van der Waals surface area contributed by atoms with Crippen LogP contribution in [0.1, 0.15) is 48.2 Å². The highest BCUT2D eigenvalue weighted by molar-refractivity contribution is 7.10. The van der Waals surface area contributed by atoms with Crippen molar-refractivity contribution in [2.75, 3.05) is 46.5 Å². The molecule has 6 nitrogen and oxygen atoms in total. The van der Waals surface area contributed by atoms with E-state index in [1.54, 1.807) is 18.4 Å². The number of benzene rings is 1. The summed E-state index contributed by atoms with van der Waals surface area (Å²) in [5, 5.41) is 12.5. The van der Waals surface area contributed by atoms with E-state index in [0.29, 0.717) is 32.8 Å². The van der Waals surface area contributed by atoms with Crippen molar-refractivity contribution in [3.8, 4) is 5.75 Å². The van der Waals surface area contributed by atoms with Crippen LogP contribution in [-0.4, -0.2) is 73.4 Å². The molecule has 2 atom stereocenters. The predicted molar refractivity (Wildman–Crippen MR) is 133 cm³/mol. The summed E-state index contributed by atoms with van der Waals surface area (Å²) >= 11 is 1.76. The molecule has 1 aromatic carbocycles. The van der Waals surface area contributed by atoms with Gasteiger partial charge in [0.25, 0.3) is 0 Å². The molecule has 0 radical (unpaired) electrons. The van der Waals surface area contributed by atoms with Crippen molar-refractivity contribution in [2.45, 2.75) is 51.7 Å². The summed E-state index contributed by atoms with van der Waals surface area (Å²) in [6, 6.07) is 10.1. The molecule has 0 saturated carbocycles. The van der Waals surface area contributed by atoms with Crippen LogP contribution in [0.2, 0.25) is 0 Å². The van der Waals surface area contributed by atoms with Gasteiger partial charge in [0.1, 0.15) is 12.4 Å². The molecule has 1 aromatic heterocycles. The van der Waals surface area contributed by atoms with Gasteiger partial charge in [0, 0.05) is 38.2 Å². The van der Waals surface area contributed by atoms with E-state index in [2.05, 4.69) is 30.2 Å². The number of hydrogen-bond acceptors (Lipinski definition) is 6. The summed E-state index contributed by atoms with van der Waals surface area (Å²) < 4.78 is 11.3. The second kappa shape index (κ2) is 13.1. The molecule has 0 spiro atoms. The smallest absolute Gasteiger partial charge is 0.237 e. The second-order valence-corrected chi connectivity index (χ2v) is 9.80. The summed E-state index contributed by atoms with van der Waals surface area (Å²) in [5.74, 6) is 0.907. The van der Waals surface area contributed by atoms with Gasteiger partial charge in [-0.3, -0.25) is 9.69 Å².